The van der Waals surface area contributed by atoms with Crippen molar-refractivity contribution in [1.82, 2.24) is 20.4 Å². The van der Waals surface area contributed by atoms with Crippen LogP contribution < -0.4 is 20.7 Å². The second-order valence-corrected chi connectivity index (χ2v) is 13.7. The van der Waals surface area contributed by atoms with Crippen LogP contribution in [-0.4, -0.2) is 90.7 Å². The Labute approximate surface area is 318 Å². The standard InChI is InChI=1S/C40H36F3N5O8/c41-40(42,43)26-8-10-27(11-9-26)56-32-6-1-3-24-19-25(7-12-28(24)32)37(52)47-21-23(22-47)20-45-33(49)15-17-55-18-16-44-30-5-2-4-29-35(30)39(54)48(38(29)53)31-13-14-34(50)46-36(31)51/h1-12,19,23,31,44H,13-18,20-22H2,(H,45,49)(H,46,50,51). The van der Waals surface area contributed by atoms with Crippen molar-refractivity contribution in [3.05, 3.63) is 101 Å². The first kappa shape index (κ1) is 38.0. The molecule has 4 aromatic rings. The number of rotatable bonds is 13. The minimum absolute atomic E-state index is 0.0287. The van der Waals surface area contributed by atoms with Crippen LogP contribution in [0.25, 0.3) is 10.8 Å². The zero-order chi connectivity index (χ0) is 39.6. The predicted molar refractivity (Wildman–Crippen MR) is 195 cm³/mol. The third-order valence-corrected chi connectivity index (χ3v) is 9.83. The molecule has 4 aromatic carbocycles. The number of halogens is 3. The van der Waals surface area contributed by atoms with Crippen LogP contribution in [0.4, 0.5) is 18.9 Å². The Kier molecular flexibility index (Phi) is 10.7. The van der Waals surface area contributed by atoms with E-state index in [-0.39, 0.29) is 73.6 Å². The van der Waals surface area contributed by atoms with Gasteiger partial charge in [0.15, 0.2) is 0 Å². The molecular formula is C40H36F3N5O8. The minimum Gasteiger partial charge on any atom is -0.457 e. The van der Waals surface area contributed by atoms with Gasteiger partial charge in [-0.2, -0.15) is 13.2 Å². The number of carbonyl (C=O) groups excluding carboxylic acids is 6. The van der Waals surface area contributed by atoms with Gasteiger partial charge in [0.25, 0.3) is 17.7 Å². The predicted octanol–water partition coefficient (Wildman–Crippen LogP) is 4.76. The number of hydrogen-bond donors (Lipinski definition) is 3. The number of ether oxygens (including phenoxy) is 2. The van der Waals surface area contributed by atoms with E-state index in [9.17, 15) is 41.9 Å². The van der Waals surface area contributed by atoms with Crippen LogP contribution >= 0.6 is 0 Å². The first-order valence-corrected chi connectivity index (χ1v) is 18.0. The van der Waals surface area contributed by atoms with Crippen LogP contribution in [0.15, 0.2) is 78.9 Å². The summed E-state index contributed by atoms with van der Waals surface area (Å²) in [6.45, 7) is 1.97. The van der Waals surface area contributed by atoms with Gasteiger partial charge in [-0.05, 0) is 72.5 Å². The van der Waals surface area contributed by atoms with Gasteiger partial charge in [-0.25, -0.2) is 0 Å². The Hall–Kier alpha value is -6.29. The van der Waals surface area contributed by atoms with Crippen molar-refractivity contribution in [3.63, 3.8) is 0 Å². The molecule has 1 unspecified atom stereocenters. The summed E-state index contributed by atoms with van der Waals surface area (Å²) in [4.78, 5) is 78.3. The monoisotopic (exact) mass is 771 g/mol. The molecule has 2 fully saturated rings. The van der Waals surface area contributed by atoms with Crippen LogP contribution in [-0.2, 0) is 25.3 Å². The maximum atomic E-state index is 13.2. The average Bonchev–Trinajstić information content (AvgIpc) is 3.41. The van der Waals surface area contributed by atoms with E-state index in [4.69, 9.17) is 9.47 Å². The number of piperidine rings is 1. The number of benzene rings is 4. The van der Waals surface area contributed by atoms with E-state index in [1.807, 2.05) is 6.07 Å². The van der Waals surface area contributed by atoms with Crippen molar-refractivity contribution in [1.29, 1.82) is 0 Å². The fourth-order valence-electron chi connectivity index (χ4n) is 6.90. The molecule has 0 aliphatic carbocycles. The van der Waals surface area contributed by atoms with Gasteiger partial charge < -0.3 is 25.0 Å². The molecule has 3 N–H and O–H groups in total. The third kappa shape index (κ3) is 8.05. The van der Waals surface area contributed by atoms with Crippen LogP contribution in [0.1, 0.15) is 55.9 Å². The number of nitrogens with one attached hydrogen (secondary N) is 3. The van der Waals surface area contributed by atoms with Crippen LogP contribution in [0.5, 0.6) is 11.5 Å². The summed E-state index contributed by atoms with van der Waals surface area (Å²) in [6, 6.07) is 18.6. The lowest BCUT2D eigenvalue weighted by Gasteiger charge is -2.39. The number of hydrogen-bond acceptors (Lipinski definition) is 9. The maximum Gasteiger partial charge on any atom is 0.416 e. The summed E-state index contributed by atoms with van der Waals surface area (Å²) in [7, 11) is 0. The lowest BCUT2D eigenvalue weighted by Crippen LogP contribution is -2.54. The molecule has 0 bridgehead atoms. The normalized spacial score (nSPS) is 17.1. The number of nitrogens with zero attached hydrogens (tertiary/aromatic N) is 2. The van der Waals surface area contributed by atoms with E-state index in [2.05, 4.69) is 16.0 Å². The van der Waals surface area contributed by atoms with E-state index >= 15 is 0 Å². The Balaban J connectivity index is 0.807. The number of amides is 6. The highest BCUT2D eigenvalue weighted by atomic mass is 19.4. The first-order valence-electron chi connectivity index (χ1n) is 18.0. The molecule has 0 radical (unpaired) electrons. The number of carbonyl (C=O) groups is 6. The summed E-state index contributed by atoms with van der Waals surface area (Å²) in [5.41, 5.74) is 0.427. The van der Waals surface area contributed by atoms with E-state index in [0.717, 1.165) is 22.4 Å². The smallest absolute Gasteiger partial charge is 0.416 e. The van der Waals surface area contributed by atoms with Crippen molar-refractivity contribution in [2.45, 2.75) is 31.5 Å². The number of anilines is 1. The fourth-order valence-corrected chi connectivity index (χ4v) is 6.90. The van der Waals surface area contributed by atoms with Crippen LogP contribution in [0.3, 0.4) is 0 Å². The van der Waals surface area contributed by atoms with Gasteiger partial charge in [0.05, 0.1) is 29.9 Å². The van der Waals surface area contributed by atoms with Gasteiger partial charge in [-0.3, -0.25) is 39.0 Å². The van der Waals surface area contributed by atoms with Crippen molar-refractivity contribution in [2.24, 2.45) is 5.92 Å². The Morgan fingerprint density at radius 2 is 1.66 bits per heavy atom. The topological polar surface area (TPSA) is 163 Å². The van der Waals surface area contributed by atoms with Crippen molar-refractivity contribution in [2.75, 3.05) is 44.7 Å². The molecule has 6 amide bonds. The highest BCUT2D eigenvalue weighted by Crippen LogP contribution is 2.35. The molecule has 3 aliphatic heterocycles. The van der Waals surface area contributed by atoms with Gasteiger partial charge in [-0.15, -0.1) is 0 Å². The molecule has 290 valence electrons. The molecule has 16 heteroatoms. The zero-order valence-electron chi connectivity index (χ0n) is 29.8. The van der Waals surface area contributed by atoms with Gasteiger partial charge >= 0.3 is 6.18 Å². The molecule has 56 heavy (non-hydrogen) atoms. The fraction of sp³-hybridized carbons (Fsp3) is 0.300. The minimum atomic E-state index is -4.44. The molecule has 1 atom stereocenters. The Morgan fingerprint density at radius 3 is 2.41 bits per heavy atom. The highest BCUT2D eigenvalue weighted by Gasteiger charge is 2.45. The number of alkyl halides is 3. The summed E-state index contributed by atoms with van der Waals surface area (Å²) in [6.07, 6.45) is -4.24. The van der Waals surface area contributed by atoms with E-state index in [0.29, 0.717) is 42.0 Å². The van der Waals surface area contributed by atoms with Crippen LogP contribution in [0.2, 0.25) is 0 Å². The van der Waals surface area contributed by atoms with Gasteiger partial charge in [0.1, 0.15) is 17.5 Å². The van der Waals surface area contributed by atoms with Crippen molar-refractivity contribution in [3.8, 4) is 11.5 Å². The maximum absolute atomic E-state index is 13.2. The SMILES string of the molecule is O=C(CCOCCNc1cccc2c1C(=O)N(C1CCC(=O)NC1=O)C2=O)NCC1CN(C(=O)c2ccc3c(Oc4ccc(C(F)(F)F)cc4)cccc3c2)C1. The second-order valence-electron chi connectivity index (χ2n) is 13.7. The highest BCUT2D eigenvalue weighted by molar-refractivity contribution is 6.25. The number of fused-ring (bicyclic) bond motifs is 2. The molecule has 0 saturated carbocycles. The summed E-state index contributed by atoms with van der Waals surface area (Å²) in [5, 5.41) is 9.56. The van der Waals surface area contributed by atoms with E-state index in [1.54, 1.807) is 47.4 Å². The quantitative estimate of drug-likeness (QED) is 0.129. The number of likely N-dealkylation sites (tertiary alicyclic amines) is 1. The Morgan fingerprint density at radius 1 is 0.893 bits per heavy atom. The van der Waals surface area contributed by atoms with Gasteiger partial charge in [0, 0.05) is 61.6 Å². The molecule has 3 heterocycles. The molecule has 13 nitrogen and oxygen atoms in total. The van der Waals surface area contributed by atoms with Gasteiger partial charge in [-0.1, -0.05) is 18.2 Å². The molecule has 7 rings (SSSR count). The summed E-state index contributed by atoms with van der Waals surface area (Å²) < 4.78 is 50.2. The molecule has 3 aliphatic rings. The molecule has 2 saturated heterocycles. The lowest BCUT2D eigenvalue weighted by molar-refractivity contribution is -0.138. The largest absolute Gasteiger partial charge is 0.457 e. The molecule has 0 spiro atoms. The first-order chi connectivity index (χ1) is 26.9. The Bertz CT molecular complexity index is 2220. The van der Waals surface area contributed by atoms with Crippen LogP contribution in [0, 0.1) is 5.92 Å². The zero-order valence-corrected chi connectivity index (χ0v) is 29.8. The van der Waals surface area contributed by atoms with Crippen molar-refractivity contribution < 1.29 is 51.4 Å². The van der Waals surface area contributed by atoms with E-state index in [1.165, 1.54) is 18.2 Å². The van der Waals surface area contributed by atoms with E-state index < -0.39 is 41.4 Å². The summed E-state index contributed by atoms with van der Waals surface area (Å²) >= 11 is 0. The third-order valence-electron chi connectivity index (χ3n) is 9.83. The van der Waals surface area contributed by atoms with Gasteiger partial charge in [0.2, 0.25) is 17.7 Å². The molecular weight excluding hydrogens is 735 g/mol. The molecule has 0 aromatic heterocycles. The van der Waals surface area contributed by atoms with Crippen molar-refractivity contribution >= 4 is 51.9 Å². The average molecular weight is 772 g/mol. The number of imide groups is 2. The summed E-state index contributed by atoms with van der Waals surface area (Å²) in [5.74, 6) is -1.92. The lowest BCUT2D eigenvalue weighted by atomic mass is 9.98. The second kappa shape index (κ2) is 15.8.